The molecule has 1 aliphatic heterocycles. The molecule has 1 saturated heterocycles. The van der Waals surface area contributed by atoms with Gasteiger partial charge in [-0.05, 0) is 18.8 Å². The summed E-state index contributed by atoms with van der Waals surface area (Å²) in [6, 6.07) is 0.661. The molecule has 0 bridgehead atoms. The SMILES string of the molecule is CC1CCCC1NCc1cnc(N2CCOCC2)nc1. The first-order valence-corrected chi connectivity index (χ1v) is 7.70. The summed E-state index contributed by atoms with van der Waals surface area (Å²) in [7, 11) is 0. The van der Waals surface area contributed by atoms with E-state index in [1.165, 1.54) is 24.8 Å². The normalized spacial score (nSPS) is 26.9. The Morgan fingerprint density at radius 1 is 1.25 bits per heavy atom. The zero-order chi connectivity index (χ0) is 13.8. The Morgan fingerprint density at radius 3 is 2.65 bits per heavy atom. The maximum Gasteiger partial charge on any atom is 0.225 e. The minimum absolute atomic E-state index is 0.661. The van der Waals surface area contributed by atoms with Crippen LogP contribution in [0.1, 0.15) is 31.7 Å². The van der Waals surface area contributed by atoms with Crippen LogP contribution in [0.25, 0.3) is 0 Å². The molecule has 0 spiro atoms. The summed E-state index contributed by atoms with van der Waals surface area (Å²) in [5.41, 5.74) is 1.17. The van der Waals surface area contributed by atoms with E-state index < -0.39 is 0 Å². The second-order valence-corrected chi connectivity index (χ2v) is 5.89. The summed E-state index contributed by atoms with van der Waals surface area (Å²) in [5.74, 6) is 1.62. The van der Waals surface area contributed by atoms with Crippen molar-refractivity contribution in [1.82, 2.24) is 15.3 Å². The van der Waals surface area contributed by atoms with E-state index >= 15 is 0 Å². The molecule has 3 rings (SSSR count). The molecule has 2 fully saturated rings. The van der Waals surface area contributed by atoms with Crippen molar-refractivity contribution < 1.29 is 4.74 Å². The number of anilines is 1. The minimum Gasteiger partial charge on any atom is -0.378 e. The molecule has 1 aliphatic carbocycles. The minimum atomic E-state index is 0.661. The fourth-order valence-electron chi connectivity index (χ4n) is 3.06. The van der Waals surface area contributed by atoms with Crippen molar-refractivity contribution in [2.75, 3.05) is 31.2 Å². The number of rotatable bonds is 4. The Balaban J connectivity index is 1.53. The predicted octanol–water partition coefficient (Wildman–Crippen LogP) is 1.59. The molecular formula is C15H24N4O. The number of hydrogen-bond acceptors (Lipinski definition) is 5. The molecule has 2 atom stereocenters. The van der Waals surface area contributed by atoms with E-state index in [4.69, 9.17) is 4.74 Å². The molecule has 5 nitrogen and oxygen atoms in total. The predicted molar refractivity (Wildman–Crippen MR) is 78.7 cm³/mol. The van der Waals surface area contributed by atoms with Gasteiger partial charge in [-0.15, -0.1) is 0 Å². The highest BCUT2D eigenvalue weighted by Crippen LogP contribution is 2.25. The van der Waals surface area contributed by atoms with Crippen LogP contribution in [0, 0.1) is 5.92 Å². The third-order valence-electron chi connectivity index (χ3n) is 4.42. The standard InChI is InChI=1S/C15H24N4O/c1-12-3-2-4-14(12)16-9-13-10-17-15(18-11-13)19-5-7-20-8-6-19/h10-12,14,16H,2-9H2,1H3. The fraction of sp³-hybridized carbons (Fsp3) is 0.733. The van der Waals surface area contributed by atoms with Gasteiger partial charge in [0.15, 0.2) is 0 Å². The summed E-state index contributed by atoms with van der Waals surface area (Å²) in [6.45, 7) is 6.52. The van der Waals surface area contributed by atoms with E-state index in [0.29, 0.717) is 6.04 Å². The highest BCUT2D eigenvalue weighted by atomic mass is 16.5. The lowest BCUT2D eigenvalue weighted by Crippen LogP contribution is -2.37. The Kier molecular flexibility index (Phi) is 4.47. The van der Waals surface area contributed by atoms with Gasteiger partial charge in [-0.1, -0.05) is 13.3 Å². The Bertz CT molecular complexity index is 416. The first kappa shape index (κ1) is 13.8. The van der Waals surface area contributed by atoms with Gasteiger partial charge in [0.1, 0.15) is 0 Å². The third-order valence-corrected chi connectivity index (χ3v) is 4.42. The second kappa shape index (κ2) is 6.50. The molecule has 1 aromatic heterocycles. The molecule has 1 aromatic rings. The molecule has 1 saturated carbocycles. The van der Waals surface area contributed by atoms with E-state index in [1.807, 2.05) is 12.4 Å². The largest absolute Gasteiger partial charge is 0.378 e. The van der Waals surface area contributed by atoms with Gasteiger partial charge in [0, 0.05) is 43.6 Å². The zero-order valence-corrected chi connectivity index (χ0v) is 12.2. The smallest absolute Gasteiger partial charge is 0.225 e. The average molecular weight is 276 g/mol. The summed E-state index contributed by atoms with van der Waals surface area (Å²) in [6.07, 6.45) is 7.90. The molecule has 5 heteroatoms. The lowest BCUT2D eigenvalue weighted by atomic mass is 10.1. The Labute approximate surface area is 120 Å². The Hall–Kier alpha value is -1.20. The van der Waals surface area contributed by atoms with E-state index in [0.717, 1.165) is 44.7 Å². The van der Waals surface area contributed by atoms with Crippen molar-refractivity contribution in [3.05, 3.63) is 18.0 Å². The molecule has 2 unspecified atom stereocenters. The molecule has 2 heterocycles. The lowest BCUT2D eigenvalue weighted by Gasteiger charge is -2.26. The summed E-state index contributed by atoms with van der Waals surface area (Å²) in [5, 5.41) is 3.63. The van der Waals surface area contributed by atoms with Crippen LogP contribution in [-0.4, -0.2) is 42.3 Å². The number of ether oxygens (including phenoxy) is 1. The topological polar surface area (TPSA) is 50.3 Å². The molecular weight excluding hydrogens is 252 g/mol. The van der Waals surface area contributed by atoms with E-state index in [-0.39, 0.29) is 0 Å². The van der Waals surface area contributed by atoms with Crippen LogP contribution >= 0.6 is 0 Å². The molecule has 0 radical (unpaired) electrons. The van der Waals surface area contributed by atoms with Crippen molar-refractivity contribution in [3.63, 3.8) is 0 Å². The molecule has 1 N–H and O–H groups in total. The highest BCUT2D eigenvalue weighted by molar-refractivity contribution is 5.30. The van der Waals surface area contributed by atoms with Crippen LogP contribution in [0.5, 0.6) is 0 Å². The van der Waals surface area contributed by atoms with Gasteiger partial charge in [-0.2, -0.15) is 0 Å². The van der Waals surface area contributed by atoms with E-state index in [2.05, 4.69) is 27.1 Å². The quantitative estimate of drug-likeness (QED) is 0.905. The molecule has 0 amide bonds. The highest BCUT2D eigenvalue weighted by Gasteiger charge is 2.22. The number of morpholine rings is 1. The molecule has 20 heavy (non-hydrogen) atoms. The van der Waals surface area contributed by atoms with Crippen molar-refractivity contribution >= 4 is 5.95 Å². The van der Waals surface area contributed by atoms with Crippen LogP contribution < -0.4 is 10.2 Å². The van der Waals surface area contributed by atoms with Gasteiger partial charge in [0.05, 0.1) is 13.2 Å². The van der Waals surface area contributed by atoms with Gasteiger partial charge in [-0.25, -0.2) is 9.97 Å². The van der Waals surface area contributed by atoms with Crippen molar-refractivity contribution in [1.29, 1.82) is 0 Å². The summed E-state index contributed by atoms with van der Waals surface area (Å²) < 4.78 is 5.34. The van der Waals surface area contributed by atoms with Gasteiger partial charge < -0.3 is 15.0 Å². The van der Waals surface area contributed by atoms with Gasteiger partial charge in [0.2, 0.25) is 5.95 Å². The number of nitrogens with zero attached hydrogens (tertiary/aromatic N) is 3. The maximum atomic E-state index is 5.34. The molecule has 2 aliphatic rings. The monoisotopic (exact) mass is 276 g/mol. The van der Waals surface area contributed by atoms with Crippen LogP contribution in [0.3, 0.4) is 0 Å². The number of aromatic nitrogens is 2. The van der Waals surface area contributed by atoms with Crippen molar-refractivity contribution in [3.8, 4) is 0 Å². The van der Waals surface area contributed by atoms with E-state index in [9.17, 15) is 0 Å². The summed E-state index contributed by atoms with van der Waals surface area (Å²) in [4.78, 5) is 11.2. The van der Waals surface area contributed by atoms with Gasteiger partial charge in [-0.3, -0.25) is 0 Å². The van der Waals surface area contributed by atoms with Crippen LogP contribution in [0.4, 0.5) is 5.95 Å². The van der Waals surface area contributed by atoms with E-state index in [1.54, 1.807) is 0 Å². The molecule has 0 aromatic carbocycles. The van der Waals surface area contributed by atoms with Crippen LogP contribution in [-0.2, 0) is 11.3 Å². The molecule has 110 valence electrons. The first-order valence-electron chi connectivity index (χ1n) is 7.70. The first-order chi connectivity index (χ1) is 9.83. The average Bonchev–Trinajstić information content (AvgIpc) is 2.92. The number of nitrogens with one attached hydrogen (secondary N) is 1. The third kappa shape index (κ3) is 3.27. The zero-order valence-electron chi connectivity index (χ0n) is 12.2. The fourth-order valence-corrected chi connectivity index (χ4v) is 3.06. The van der Waals surface area contributed by atoms with Crippen molar-refractivity contribution in [2.45, 2.75) is 38.8 Å². The lowest BCUT2D eigenvalue weighted by molar-refractivity contribution is 0.122. The Morgan fingerprint density at radius 2 is 2.00 bits per heavy atom. The van der Waals surface area contributed by atoms with Gasteiger partial charge in [0.25, 0.3) is 0 Å². The van der Waals surface area contributed by atoms with Crippen LogP contribution in [0.2, 0.25) is 0 Å². The second-order valence-electron chi connectivity index (χ2n) is 5.89. The maximum absolute atomic E-state index is 5.34. The van der Waals surface area contributed by atoms with Crippen molar-refractivity contribution in [2.24, 2.45) is 5.92 Å². The van der Waals surface area contributed by atoms with Gasteiger partial charge >= 0.3 is 0 Å². The van der Waals surface area contributed by atoms with Crippen LogP contribution in [0.15, 0.2) is 12.4 Å². The summed E-state index contributed by atoms with van der Waals surface area (Å²) >= 11 is 0. The number of hydrogen-bond donors (Lipinski definition) is 1.